The van der Waals surface area contributed by atoms with Crippen LogP contribution in [0.5, 0.6) is 0 Å². The van der Waals surface area contributed by atoms with E-state index < -0.39 is 0 Å². The van der Waals surface area contributed by atoms with Crippen molar-refractivity contribution in [3.05, 3.63) is 454 Å². The molecule has 0 saturated heterocycles. The summed E-state index contributed by atoms with van der Waals surface area (Å²) in [6.45, 7) is 4.81. The highest BCUT2D eigenvalue weighted by molar-refractivity contribution is 6.15. The molecule has 0 saturated carbocycles. The molecule has 578 valence electrons. The molecule has 0 amide bonds. The maximum Gasteiger partial charge on any atom is 0.143 e. The summed E-state index contributed by atoms with van der Waals surface area (Å²) in [5.41, 5.74) is 37.3. The fraction of sp³-hybridized carbons (Fsp3) is 0.0256. The molecule has 0 N–H and O–H groups in total. The number of furan rings is 1. The molecule has 0 unspecified atom stereocenters. The minimum atomic E-state index is -0.347. The van der Waals surface area contributed by atoms with Gasteiger partial charge < -0.3 is 27.9 Å². The van der Waals surface area contributed by atoms with Crippen molar-refractivity contribution in [2.45, 2.75) is 19.3 Å². The van der Waals surface area contributed by atoms with Crippen molar-refractivity contribution in [3.8, 4) is 95.0 Å². The van der Waals surface area contributed by atoms with E-state index in [1.54, 1.807) is 0 Å². The average molecular weight is 1570 g/mol. The number of benzene rings is 19. The van der Waals surface area contributed by atoms with Crippen molar-refractivity contribution in [3.63, 3.8) is 0 Å². The van der Waals surface area contributed by atoms with Crippen LogP contribution in [0.4, 0.5) is 34.1 Å². The Morgan fingerprint density at radius 3 is 1.02 bits per heavy atom. The molecule has 4 aromatic heterocycles. The topological polar surface area (TPSA) is 34.4 Å². The molecule has 0 aliphatic heterocycles. The molecule has 0 bridgehead atoms. The molecular formula is C117H79N5O. The van der Waals surface area contributed by atoms with Gasteiger partial charge in [0.1, 0.15) is 11.2 Å². The number of anilines is 6. The SMILES string of the molecule is CC1(C)c2cc(-c3ccc4c(c3)c3cc(-c5ccc(N(c6ccc(-c7ccccc7)cc6)c6ccc(-c7ccc8c9ccccc9n(-c9ccccc9)c8c7)cc6)cc5)ccc3n4-c3ccccc3)ccc2-c2ccc(N(c3ccc(-c4ccc5c(c4)c4ccccc4n5-c4ccccc4)cc3)c3ccc(-c4cccc5c4oc4ccccc45)cc3)cc21. The van der Waals surface area contributed by atoms with Gasteiger partial charge in [0, 0.05) is 105 Å². The Morgan fingerprint density at radius 1 is 0.195 bits per heavy atom. The molecule has 4 heterocycles. The number of rotatable bonds is 15. The van der Waals surface area contributed by atoms with E-state index in [2.05, 4.69) is 474 Å². The molecule has 1 aliphatic rings. The molecule has 123 heavy (non-hydrogen) atoms. The summed E-state index contributed by atoms with van der Waals surface area (Å²) >= 11 is 0. The molecule has 0 radical (unpaired) electrons. The fourth-order valence-corrected chi connectivity index (χ4v) is 19.8. The third kappa shape index (κ3) is 11.8. The van der Waals surface area contributed by atoms with E-state index in [0.717, 1.165) is 123 Å². The summed E-state index contributed by atoms with van der Waals surface area (Å²) in [7, 11) is 0. The van der Waals surface area contributed by atoms with Gasteiger partial charge in [-0.3, -0.25) is 0 Å². The summed E-state index contributed by atoms with van der Waals surface area (Å²) < 4.78 is 13.8. The highest BCUT2D eigenvalue weighted by atomic mass is 16.3. The van der Waals surface area contributed by atoms with Crippen molar-refractivity contribution in [1.82, 2.24) is 13.7 Å². The van der Waals surface area contributed by atoms with E-state index in [1.165, 1.54) is 104 Å². The van der Waals surface area contributed by atoms with Crippen LogP contribution in [-0.4, -0.2) is 13.7 Å². The van der Waals surface area contributed by atoms with Gasteiger partial charge in [-0.25, -0.2) is 0 Å². The van der Waals surface area contributed by atoms with Crippen LogP contribution in [0.2, 0.25) is 0 Å². The van der Waals surface area contributed by atoms with E-state index in [9.17, 15) is 0 Å². The Kier molecular flexibility index (Phi) is 16.6. The molecule has 0 spiro atoms. The first kappa shape index (κ1) is 71.1. The lowest BCUT2D eigenvalue weighted by atomic mass is 9.81. The summed E-state index contributed by atoms with van der Waals surface area (Å²) in [5, 5.41) is 9.58. The third-order valence-electron chi connectivity index (χ3n) is 25.9. The van der Waals surface area contributed by atoms with Gasteiger partial charge in [-0.15, -0.1) is 0 Å². The standard InChI is InChI=1S/C117H79N5O/c1-117(2)107-73-85(48-64-97(107)98-66-63-95(75-108(98)117)119(94-61-46-81(47-62-94)96-33-21-34-103-102-32-17-20-37-115(102)123-116(96)103)93-59-42-78(43-60-93)82-50-67-111-104(70-82)100-31-16-19-36-110(100)120(111)87-24-9-4-10-25-87)84-52-69-113-106(72-84)105-71-83(51-68-112(105)121(113)88-26-11-5-12-27-88)79-40-55-91(56-41-79)118(90-53-38-77(39-54-90)76-22-7-3-8-23-76)92-57-44-80(45-58-92)86-49-65-101-99-30-15-18-35-109(99)122(114(101)74-86)89-28-13-6-14-29-89/h3-75H,1-2H3. The molecule has 0 fully saturated rings. The van der Waals surface area contributed by atoms with Crippen LogP contribution in [0, 0.1) is 0 Å². The highest BCUT2D eigenvalue weighted by Crippen LogP contribution is 2.53. The first-order valence-electron chi connectivity index (χ1n) is 42.4. The molecule has 6 nitrogen and oxygen atoms in total. The summed E-state index contributed by atoms with van der Waals surface area (Å²) in [5.74, 6) is 0. The largest absolute Gasteiger partial charge is 0.455 e. The first-order chi connectivity index (χ1) is 60.7. The predicted octanol–water partition coefficient (Wildman–Crippen LogP) is 32.1. The zero-order chi connectivity index (χ0) is 81.4. The maximum absolute atomic E-state index is 6.60. The molecule has 19 aromatic carbocycles. The van der Waals surface area contributed by atoms with Gasteiger partial charge in [0.05, 0.1) is 33.1 Å². The number of aromatic nitrogens is 3. The van der Waals surface area contributed by atoms with Crippen LogP contribution in [-0.2, 0) is 5.41 Å². The van der Waals surface area contributed by atoms with Gasteiger partial charge in [0.2, 0.25) is 0 Å². The van der Waals surface area contributed by atoms with E-state index in [1.807, 2.05) is 6.07 Å². The van der Waals surface area contributed by atoms with E-state index in [0.29, 0.717) is 0 Å². The van der Waals surface area contributed by atoms with Crippen LogP contribution >= 0.6 is 0 Å². The predicted molar refractivity (Wildman–Crippen MR) is 516 cm³/mol. The fourth-order valence-electron chi connectivity index (χ4n) is 19.8. The van der Waals surface area contributed by atoms with Crippen LogP contribution < -0.4 is 9.80 Å². The van der Waals surface area contributed by atoms with Gasteiger partial charge in [-0.2, -0.15) is 0 Å². The maximum atomic E-state index is 6.60. The van der Waals surface area contributed by atoms with E-state index in [-0.39, 0.29) is 5.41 Å². The Balaban J connectivity index is 0.565. The van der Waals surface area contributed by atoms with Crippen molar-refractivity contribution in [1.29, 1.82) is 0 Å². The van der Waals surface area contributed by atoms with Gasteiger partial charge in [0.25, 0.3) is 0 Å². The summed E-state index contributed by atoms with van der Waals surface area (Å²) in [4.78, 5) is 4.80. The second-order valence-electron chi connectivity index (χ2n) is 33.1. The molecule has 23 aromatic rings. The first-order valence-corrected chi connectivity index (χ1v) is 42.4. The minimum Gasteiger partial charge on any atom is -0.455 e. The smallest absolute Gasteiger partial charge is 0.143 e. The molecule has 0 atom stereocenters. The third-order valence-corrected chi connectivity index (χ3v) is 25.9. The lowest BCUT2D eigenvalue weighted by Gasteiger charge is -2.28. The van der Waals surface area contributed by atoms with Gasteiger partial charge in [-0.1, -0.05) is 281 Å². The second kappa shape index (κ2) is 28.6. The number of fused-ring (bicyclic) bond motifs is 15. The number of hydrogen-bond acceptors (Lipinski definition) is 3. The molecule has 6 heteroatoms. The monoisotopic (exact) mass is 1570 g/mol. The Bertz CT molecular complexity index is 8080. The van der Waals surface area contributed by atoms with Gasteiger partial charge >= 0.3 is 0 Å². The number of nitrogens with zero attached hydrogens (tertiary/aromatic N) is 5. The molecule has 24 rings (SSSR count). The molecule has 1 aliphatic carbocycles. The van der Waals surface area contributed by atoms with Crippen molar-refractivity contribution < 1.29 is 4.42 Å². The quantitative estimate of drug-likeness (QED) is 0.103. The van der Waals surface area contributed by atoms with Crippen molar-refractivity contribution >= 4 is 121 Å². The van der Waals surface area contributed by atoms with Crippen LogP contribution in [0.3, 0.4) is 0 Å². The Hall–Kier alpha value is -16.0. The van der Waals surface area contributed by atoms with Gasteiger partial charge in [0.15, 0.2) is 0 Å². The average Bonchev–Trinajstić information content (AvgIpc) is 1.57. The van der Waals surface area contributed by atoms with Crippen molar-refractivity contribution in [2.75, 3.05) is 9.80 Å². The van der Waals surface area contributed by atoms with Gasteiger partial charge in [-0.05, 0) is 259 Å². The number of para-hydroxylation sites is 7. The number of hydrogen-bond donors (Lipinski definition) is 0. The minimum absolute atomic E-state index is 0.347. The molecular weight excluding hydrogens is 1490 g/mol. The van der Waals surface area contributed by atoms with E-state index in [4.69, 9.17) is 4.42 Å². The Labute approximate surface area is 712 Å². The highest BCUT2D eigenvalue weighted by Gasteiger charge is 2.37. The lowest BCUT2D eigenvalue weighted by molar-refractivity contribution is 0.660. The summed E-state index contributed by atoms with van der Waals surface area (Å²) in [6.07, 6.45) is 0. The summed E-state index contributed by atoms with van der Waals surface area (Å²) in [6, 6.07) is 163. The van der Waals surface area contributed by atoms with E-state index >= 15 is 0 Å². The second-order valence-corrected chi connectivity index (χ2v) is 33.1. The zero-order valence-electron chi connectivity index (χ0n) is 67.8. The lowest BCUT2D eigenvalue weighted by Crippen LogP contribution is -2.16. The zero-order valence-corrected chi connectivity index (χ0v) is 67.8. The van der Waals surface area contributed by atoms with Crippen LogP contribution in [0.25, 0.3) is 182 Å². The Morgan fingerprint density at radius 2 is 0.512 bits per heavy atom. The van der Waals surface area contributed by atoms with Crippen LogP contribution in [0.1, 0.15) is 25.0 Å². The van der Waals surface area contributed by atoms with Crippen molar-refractivity contribution in [2.24, 2.45) is 0 Å². The normalized spacial score (nSPS) is 12.4. The van der Waals surface area contributed by atoms with Crippen LogP contribution in [0.15, 0.2) is 447 Å².